The minimum atomic E-state index is -1.05. The highest BCUT2D eigenvalue weighted by atomic mass is 16.5. The summed E-state index contributed by atoms with van der Waals surface area (Å²) in [4.78, 5) is 52.2. The normalized spacial score (nSPS) is 12.7. The monoisotopic (exact) mass is 841 g/mol. The fourth-order valence-electron chi connectivity index (χ4n) is 7.49. The molecule has 1 amide bonds. The maximum Gasteiger partial charge on any atom is 0.361 e. The van der Waals surface area contributed by atoms with E-state index in [4.69, 9.17) is 9.47 Å². The number of nitrogens with one attached hydrogen (secondary N) is 1. The van der Waals surface area contributed by atoms with Gasteiger partial charge in [-0.3, -0.25) is 19.3 Å². The molecule has 0 spiro atoms. The number of amides is 1. The van der Waals surface area contributed by atoms with Crippen molar-refractivity contribution in [2.75, 3.05) is 93.8 Å². The first kappa shape index (κ1) is 56.8. The fourth-order valence-corrected chi connectivity index (χ4v) is 7.49. The van der Waals surface area contributed by atoms with Crippen molar-refractivity contribution < 1.29 is 42.7 Å². The van der Waals surface area contributed by atoms with Crippen LogP contribution in [0, 0.1) is 0 Å². The Morgan fingerprint density at radius 3 is 1.24 bits per heavy atom. The van der Waals surface area contributed by atoms with E-state index in [0.29, 0.717) is 24.2 Å². The minimum Gasteiger partial charge on any atom is -0.480 e. The van der Waals surface area contributed by atoms with Crippen LogP contribution in [0.5, 0.6) is 0 Å². The average Bonchev–Trinajstić information content (AvgIpc) is 3.16. The first-order valence-electron chi connectivity index (χ1n) is 24.5. The molecule has 0 aliphatic heterocycles. The van der Waals surface area contributed by atoms with E-state index >= 15 is 0 Å². The standard InChI is InChI=1S/C48H94N4O7/c1-7-9-11-13-15-17-19-21-23-25-27-29-31-33-39-58-47(56)42-50(41-46(54)55)36-38-52(6,43-45(53)49-35-37-51(3,4)5)44-48(57)59-40-34-32-30-28-26-24-22-20-18-16-14-12-10-8-2/h7-44H2,1-6H3/p+2. The summed E-state index contributed by atoms with van der Waals surface area (Å²) in [5, 5.41) is 12.6. The Kier molecular flexibility index (Phi) is 37.2. The first-order chi connectivity index (χ1) is 28.3. The van der Waals surface area contributed by atoms with Crippen molar-refractivity contribution in [3.05, 3.63) is 0 Å². The lowest BCUT2D eigenvalue weighted by Gasteiger charge is -2.34. The Balaban J connectivity index is 4.69. The van der Waals surface area contributed by atoms with E-state index < -0.39 is 11.9 Å². The number of carboxylic acids is 1. The molecule has 0 rings (SSSR count). The van der Waals surface area contributed by atoms with Crippen molar-refractivity contribution in [1.82, 2.24) is 10.2 Å². The van der Waals surface area contributed by atoms with Crippen LogP contribution in [0.3, 0.4) is 0 Å². The SMILES string of the molecule is CCCCCCCCCCCCCCCCOC(=O)CN(CC[N+](C)(CC(=O)NCC[N+](C)(C)C)CC(=O)OCCCCCCCCCCCCCCCC)CC(=O)O. The van der Waals surface area contributed by atoms with E-state index in [1.165, 1.54) is 146 Å². The highest BCUT2D eigenvalue weighted by Crippen LogP contribution is 2.15. The van der Waals surface area contributed by atoms with Crippen LogP contribution in [0.25, 0.3) is 0 Å². The van der Waals surface area contributed by atoms with Gasteiger partial charge in [-0.2, -0.15) is 0 Å². The molecule has 11 heteroatoms. The maximum atomic E-state index is 13.1. The van der Waals surface area contributed by atoms with Gasteiger partial charge in [-0.25, -0.2) is 4.79 Å². The third-order valence-corrected chi connectivity index (χ3v) is 11.3. The number of esters is 2. The van der Waals surface area contributed by atoms with Gasteiger partial charge < -0.3 is 28.9 Å². The highest BCUT2D eigenvalue weighted by Gasteiger charge is 2.31. The quantitative estimate of drug-likeness (QED) is 0.0354. The van der Waals surface area contributed by atoms with Crippen molar-refractivity contribution in [1.29, 1.82) is 0 Å². The number of carbonyl (C=O) groups excluding carboxylic acids is 3. The molecular formula is C48H96N4O7+2. The zero-order valence-corrected chi connectivity index (χ0v) is 39.6. The van der Waals surface area contributed by atoms with Crippen molar-refractivity contribution in [2.45, 2.75) is 194 Å². The van der Waals surface area contributed by atoms with Crippen LogP contribution in [0.15, 0.2) is 0 Å². The topological polar surface area (TPSA) is 122 Å². The predicted molar refractivity (Wildman–Crippen MR) is 243 cm³/mol. The Bertz CT molecular complexity index is 1040. The van der Waals surface area contributed by atoms with Crippen LogP contribution in [-0.2, 0) is 28.7 Å². The summed E-state index contributed by atoms with van der Waals surface area (Å²) >= 11 is 0. The van der Waals surface area contributed by atoms with E-state index in [-0.39, 0.29) is 55.6 Å². The van der Waals surface area contributed by atoms with Crippen LogP contribution >= 0.6 is 0 Å². The fraction of sp³-hybridized carbons (Fsp3) is 0.917. The molecule has 348 valence electrons. The van der Waals surface area contributed by atoms with Crippen LogP contribution in [0.2, 0.25) is 0 Å². The molecular weight excluding hydrogens is 745 g/mol. The van der Waals surface area contributed by atoms with Gasteiger partial charge in [0.2, 0.25) is 0 Å². The summed E-state index contributed by atoms with van der Waals surface area (Å²) in [6, 6.07) is 0. The van der Waals surface area contributed by atoms with E-state index in [1.54, 1.807) is 0 Å². The van der Waals surface area contributed by atoms with Crippen LogP contribution < -0.4 is 5.32 Å². The predicted octanol–water partition coefficient (Wildman–Crippen LogP) is 9.69. The van der Waals surface area contributed by atoms with Gasteiger partial charge in [0, 0.05) is 6.54 Å². The molecule has 0 fully saturated rings. The highest BCUT2D eigenvalue weighted by molar-refractivity contribution is 5.78. The number of quaternary nitrogens is 2. The summed E-state index contributed by atoms with van der Waals surface area (Å²) in [6.07, 6.45) is 35.1. The third-order valence-electron chi connectivity index (χ3n) is 11.3. The lowest BCUT2D eigenvalue weighted by Crippen LogP contribution is -2.57. The van der Waals surface area contributed by atoms with Gasteiger partial charge >= 0.3 is 17.9 Å². The number of hydrogen-bond acceptors (Lipinski definition) is 7. The van der Waals surface area contributed by atoms with E-state index in [1.807, 2.05) is 7.05 Å². The largest absolute Gasteiger partial charge is 0.480 e. The lowest BCUT2D eigenvalue weighted by molar-refractivity contribution is -0.894. The Morgan fingerprint density at radius 2 is 0.864 bits per heavy atom. The number of hydrogen-bond donors (Lipinski definition) is 2. The van der Waals surface area contributed by atoms with Crippen molar-refractivity contribution in [2.24, 2.45) is 0 Å². The molecule has 0 aliphatic carbocycles. The molecule has 0 radical (unpaired) electrons. The zero-order chi connectivity index (χ0) is 43.9. The summed E-state index contributed by atoms with van der Waals surface area (Å²) in [5.74, 6) is -2.07. The number of likely N-dealkylation sites (N-methyl/N-ethyl adjacent to an activating group) is 2. The van der Waals surface area contributed by atoms with E-state index in [9.17, 15) is 24.3 Å². The second kappa shape index (κ2) is 38.7. The van der Waals surface area contributed by atoms with Crippen molar-refractivity contribution in [3.63, 3.8) is 0 Å². The third kappa shape index (κ3) is 40.9. The molecule has 0 heterocycles. The molecule has 0 aromatic carbocycles. The Morgan fingerprint density at radius 1 is 0.492 bits per heavy atom. The number of unbranched alkanes of at least 4 members (excludes halogenated alkanes) is 26. The summed E-state index contributed by atoms with van der Waals surface area (Å²) in [7, 11) is 7.99. The zero-order valence-electron chi connectivity index (χ0n) is 39.6. The molecule has 0 bridgehead atoms. The smallest absolute Gasteiger partial charge is 0.361 e. The van der Waals surface area contributed by atoms with Gasteiger partial charge in [0.25, 0.3) is 5.91 Å². The van der Waals surface area contributed by atoms with Gasteiger partial charge in [0.15, 0.2) is 13.1 Å². The molecule has 0 aliphatic rings. The van der Waals surface area contributed by atoms with Crippen LogP contribution in [-0.4, -0.2) is 137 Å². The number of nitrogens with zero attached hydrogens (tertiary/aromatic N) is 3. The molecule has 1 unspecified atom stereocenters. The lowest BCUT2D eigenvalue weighted by atomic mass is 10.0. The second-order valence-electron chi connectivity index (χ2n) is 18.8. The van der Waals surface area contributed by atoms with Gasteiger partial charge in [-0.05, 0) is 12.8 Å². The van der Waals surface area contributed by atoms with Crippen molar-refractivity contribution >= 4 is 23.8 Å². The number of carboxylic acid groups (broad SMARTS) is 1. The average molecular weight is 841 g/mol. The molecule has 1 atom stereocenters. The number of ether oxygens (including phenoxy) is 2. The van der Waals surface area contributed by atoms with Gasteiger partial charge in [-0.15, -0.1) is 0 Å². The molecule has 0 aromatic rings. The molecule has 2 N–H and O–H groups in total. The van der Waals surface area contributed by atoms with Crippen molar-refractivity contribution in [3.8, 4) is 0 Å². The van der Waals surface area contributed by atoms with Gasteiger partial charge in [-0.1, -0.05) is 181 Å². The minimum absolute atomic E-state index is 0.0220. The Labute approximate surface area is 363 Å². The van der Waals surface area contributed by atoms with Crippen LogP contribution in [0.4, 0.5) is 0 Å². The number of carbonyl (C=O) groups is 4. The number of aliphatic carboxylic acids is 1. The summed E-state index contributed by atoms with van der Waals surface area (Å²) in [6.45, 7) is 6.45. The van der Waals surface area contributed by atoms with Gasteiger partial charge in [0.1, 0.15) is 0 Å². The summed E-state index contributed by atoms with van der Waals surface area (Å²) in [5.41, 5.74) is 0. The van der Waals surface area contributed by atoms with E-state index in [2.05, 4.69) is 40.3 Å². The second-order valence-corrected chi connectivity index (χ2v) is 18.8. The summed E-state index contributed by atoms with van der Waals surface area (Å²) < 4.78 is 11.9. The number of rotatable bonds is 44. The maximum absolute atomic E-state index is 13.1. The molecule has 0 aromatic heterocycles. The van der Waals surface area contributed by atoms with Gasteiger partial charge in [0.05, 0.1) is 74.1 Å². The Hall–Kier alpha value is -2.24. The molecule has 59 heavy (non-hydrogen) atoms. The van der Waals surface area contributed by atoms with Crippen LogP contribution in [0.1, 0.15) is 194 Å². The molecule has 0 saturated heterocycles. The first-order valence-corrected chi connectivity index (χ1v) is 24.5. The van der Waals surface area contributed by atoms with E-state index in [0.717, 1.165) is 45.1 Å². The molecule has 11 nitrogen and oxygen atoms in total. The molecule has 0 saturated carbocycles.